The molecular formula is C7H17N2O2S+. The number of nitrogens with zero attached hydrogens (tertiary/aromatic N) is 1. The van der Waals surface area contributed by atoms with Crippen molar-refractivity contribution in [2.75, 3.05) is 25.4 Å². The molecular weight excluding hydrogens is 176 g/mol. The second-order valence-electron chi connectivity index (χ2n) is 3.13. The molecule has 0 radical (unpaired) electrons. The summed E-state index contributed by atoms with van der Waals surface area (Å²) in [7, 11) is -2.96. The van der Waals surface area contributed by atoms with Crippen molar-refractivity contribution in [3.8, 4) is 0 Å². The van der Waals surface area contributed by atoms with Gasteiger partial charge < -0.3 is 5.73 Å². The number of hydrogen-bond donors (Lipinski definition) is 1. The first-order valence-electron chi connectivity index (χ1n) is 4.44. The summed E-state index contributed by atoms with van der Waals surface area (Å²) in [5, 5.41) is 0. The Morgan fingerprint density at radius 3 is 2.25 bits per heavy atom. The van der Waals surface area contributed by atoms with Crippen molar-refractivity contribution in [3.05, 3.63) is 0 Å². The van der Waals surface area contributed by atoms with Crippen LogP contribution in [-0.4, -0.2) is 38.1 Å². The van der Waals surface area contributed by atoms with Crippen LogP contribution in [0.15, 0.2) is 0 Å². The number of quaternary nitrogens is 1. The van der Waals surface area contributed by atoms with Gasteiger partial charge >= 0.3 is 0 Å². The third-order valence-corrected chi connectivity index (χ3v) is 4.07. The van der Waals surface area contributed by atoms with Gasteiger partial charge in [0.1, 0.15) is 5.75 Å². The number of piperidine rings is 1. The Bertz CT molecular complexity index is 220. The standard InChI is InChI=1S/C7H16N2O2S/c8-4-7-12(10,11)9-5-2-1-3-6-9/h1-8H2/p+1. The quantitative estimate of drug-likeness (QED) is 0.627. The fourth-order valence-electron chi connectivity index (χ4n) is 1.45. The molecule has 0 atom stereocenters. The van der Waals surface area contributed by atoms with Crippen molar-refractivity contribution in [2.45, 2.75) is 19.3 Å². The SMILES string of the molecule is [NH3+]CCS(=O)(=O)N1CCCCC1. The predicted molar refractivity (Wildman–Crippen MR) is 47.0 cm³/mol. The lowest BCUT2D eigenvalue weighted by molar-refractivity contribution is -0.360. The van der Waals surface area contributed by atoms with Gasteiger partial charge in [0.25, 0.3) is 0 Å². The van der Waals surface area contributed by atoms with Gasteiger partial charge in [-0.05, 0) is 12.8 Å². The summed E-state index contributed by atoms with van der Waals surface area (Å²) in [5.74, 6) is 0.201. The summed E-state index contributed by atoms with van der Waals surface area (Å²) in [6, 6.07) is 0. The van der Waals surface area contributed by atoms with Gasteiger partial charge in [0, 0.05) is 13.1 Å². The van der Waals surface area contributed by atoms with E-state index in [1.54, 1.807) is 4.31 Å². The van der Waals surface area contributed by atoms with Crippen molar-refractivity contribution >= 4 is 10.0 Å². The van der Waals surface area contributed by atoms with E-state index in [2.05, 4.69) is 5.73 Å². The molecule has 3 N–H and O–H groups in total. The summed E-state index contributed by atoms with van der Waals surface area (Å²) < 4.78 is 24.5. The average molecular weight is 193 g/mol. The molecule has 72 valence electrons. The Morgan fingerprint density at radius 2 is 1.75 bits per heavy atom. The number of hydrogen-bond acceptors (Lipinski definition) is 2. The van der Waals surface area contributed by atoms with E-state index in [0.717, 1.165) is 19.3 Å². The lowest BCUT2D eigenvalue weighted by atomic mass is 10.2. The molecule has 0 unspecified atom stereocenters. The van der Waals surface area contributed by atoms with E-state index >= 15 is 0 Å². The van der Waals surface area contributed by atoms with E-state index in [1.165, 1.54) is 0 Å². The maximum Gasteiger partial charge on any atom is 0.219 e. The highest BCUT2D eigenvalue weighted by Crippen LogP contribution is 2.12. The van der Waals surface area contributed by atoms with Crippen molar-refractivity contribution in [2.24, 2.45) is 0 Å². The first kappa shape index (κ1) is 9.95. The van der Waals surface area contributed by atoms with Crippen LogP contribution in [0.5, 0.6) is 0 Å². The molecule has 1 saturated heterocycles. The minimum Gasteiger partial charge on any atom is -0.357 e. The molecule has 12 heavy (non-hydrogen) atoms. The summed E-state index contributed by atoms with van der Waals surface area (Å²) in [6.45, 7) is 1.89. The van der Waals surface area contributed by atoms with E-state index in [0.29, 0.717) is 19.6 Å². The zero-order chi connectivity index (χ0) is 9.03. The van der Waals surface area contributed by atoms with E-state index in [-0.39, 0.29) is 5.75 Å². The van der Waals surface area contributed by atoms with Crippen LogP contribution in [0, 0.1) is 0 Å². The maximum atomic E-state index is 11.5. The van der Waals surface area contributed by atoms with Gasteiger partial charge in [-0.25, -0.2) is 12.7 Å². The second kappa shape index (κ2) is 4.20. The molecule has 0 bridgehead atoms. The van der Waals surface area contributed by atoms with Crippen LogP contribution in [0.1, 0.15) is 19.3 Å². The van der Waals surface area contributed by atoms with Gasteiger partial charge in [0.15, 0.2) is 0 Å². The summed E-state index contributed by atoms with van der Waals surface area (Å²) in [6.07, 6.45) is 3.18. The topological polar surface area (TPSA) is 65.0 Å². The molecule has 0 amide bonds. The minimum absolute atomic E-state index is 0.201. The van der Waals surface area contributed by atoms with Crippen molar-refractivity contribution in [1.82, 2.24) is 4.31 Å². The second-order valence-corrected chi connectivity index (χ2v) is 5.22. The van der Waals surface area contributed by atoms with E-state index in [1.807, 2.05) is 0 Å². The fourth-order valence-corrected chi connectivity index (χ4v) is 2.89. The van der Waals surface area contributed by atoms with Crippen LogP contribution in [0.3, 0.4) is 0 Å². The first-order valence-corrected chi connectivity index (χ1v) is 6.05. The third-order valence-electron chi connectivity index (χ3n) is 2.11. The molecule has 1 heterocycles. The maximum absolute atomic E-state index is 11.5. The van der Waals surface area contributed by atoms with Crippen molar-refractivity contribution in [1.29, 1.82) is 0 Å². The third kappa shape index (κ3) is 2.43. The highest BCUT2D eigenvalue weighted by molar-refractivity contribution is 7.89. The molecule has 1 rings (SSSR count). The normalized spacial score (nSPS) is 21.1. The van der Waals surface area contributed by atoms with Gasteiger partial charge in [-0.15, -0.1) is 0 Å². The number of sulfonamides is 1. The monoisotopic (exact) mass is 193 g/mol. The average Bonchev–Trinajstić information content (AvgIpc) is 2.06. The van der Waals surface area contributed by atoms with Crippen LogP contribution in [0.25, 0.3) is 0 Å². The van der Waals surface area contributed by atoms with Crippen LogP contribution in [0.4, 0.5) is 0 Å². The lowest BCUT2D eigenvalue weighted by Gasteiger charge is -2.25. The Kier molecular flexibility index (Phi) is 3.49. The molecule has 1 aliphatic rings. The molecule has 5 heteroatoms. The predicted octanol–water partition coefficient (Wildman–Crippen LogP) is -0.956. The van der Waals surface area contributed by atoms with Crippen LogP contribution in [0.2, 0.25) is 0 Å². The molecule has 0 aromatic rings. The largest absolute Gasteiger partial charge is 0.357 e. The molecule has 0 aliphatic carbocycles. The van der Waals surface area contributed by atoms with Gasteiger partial charge in [0.05, 0.1) is 6.54 Å². The fraction of sp³-hybridized carbons (Fsp3) is 1.00. The lowest BCUT2D eigenvalue weighted by Crippen LogP contribution is -2.54. The molecule has 4 nitrogen and oxygen atoms in total. The smallest absolute Gasteiger partial charge is 0.219 e. The first-order chi connectivity index (χ1) is 5.67. The zero-order valence-corrected chi connectivity index (χ0v) is 8.15. The van der Waals surface area contributed by atoms with E-state index in [4.69, 9.17) is 0 Å². The van der Waals surface area contributed by atoms with Crippen molar-refractivity contribution < 1.29 is 14.2 Å². The van der Waals surface area contributed by atoms with Gasteiger partial charge in [0.2, 0.25) is 10.0 Å². The van der Waals surface area contributed by atoms with Gasteiger partial charge in [-0.3, -0.25) is 0 Å². The van der Waals surface area contributed by atoms with E-state index < -0.39 is 10.0 Å². The Morgan fingerprint density at radius 1 is 1.17 bits per heavy atom. The Balaban J connectivity index is 2.54. The van der Waals surface area contributed by atoms with Gasteiger partial charge in [-0.2, -0.15) is 0 Å². The summed E-state index contributed by atoms with van der Waals surface area (Å²) >= 11 is 0. The van der Waals surface area contributed by atoms with Crippen LogP contribution in [-0.2, 0) is 10.0 Å². The number of rotatable bonds is 3. The Hall–Kier alpha value is -0.130. The summed E-state index contributed by atoms with van der Waals surface area (Å²) in [5.41, 5.74) is 3.56. The van der Waals surface area contributed by atoms with Crippen LogP contribution >= 0.6 is 0 Å². The van der Waals surface area contributed by atoms with E-state index in [9.17, 15) is 8.42 Å². The van der Waals surface area contributed by atoms with Crippen LogP contribution < -0.4 is 5.73 Å². The molecule has 1 fully saturated rings. The molecule has 1 aliphatic heterocycles. The molecule has 0 aromatic carbocycles. The minimum atomic E-state index is -2.96. The Labute approximate surface area is 73.8 Å². The van der Waals surface area contributed by atoms with Crippen molar-refractivity contribution in [3.63, 3.8) is 0 Å². The zero-order valence-electron chi connectivity index (χ0n) is 7.33. The summed E-state index contributed by atoms with van der Waals surface area (Å²) in [4.78, 5) is 0. The highest BCUT2D eigenvalue weighted by Gasteiger charge is 2.23. The molecule has 0 saturated carbocycles. The molecule has 0 spiro atoms. The molecule has 0 aromatic heterocycles. The highest BCUT2D eigenvalue weighted by atomic mass is 32.2. The van der Waals surface area contributed by atoms with Gasteiger partial charge in [-0.1, -0.05) is 6.42 Å².